The number of amides is 1. The maximum atomic E-state index is 13.0. The Morgan fingerprint density at radius 1 is 1.35 bits per heavy atom. The Morgan fingerprint density at radius 2 is 2.00 bits per heavy atom. The number of rotatable bonds is 6. The van der Waals surface area contributed by atoms with Crippen LogP contribution >= 0.6 is 0 Å². The average molecular weight is 282 g/mol. The number of benzene rings is 1. The van der Waals surface area contributed by atoms with Gasteiger partial charge in [-0.2, -0.15) is 0 Å². The molecule has 6 heteroatoms. The van der Waals surface area contributed by atoms with E-state index in [9.17, 15) is 9.18 Å². The summed E-state index contributed by atoms with van der Waals surface area (Å²) in [5.74, 6) is -0.628. The van der Waals surface area contributed by atoms with Gasteiger partial charge < -0.3 is 16.0 Å². The van der Waals surface area contributed by atoms with Crippen molar-refractivity contribution in [1.82, 2.24) is 9.80 Å². The molecule has 0 saturated heterocycles. The summed E-state index contributed by atoms with van der Waals surface area (Å²) >= 11 is 0. The Bertz CT molecular complexity index is 464. The monoisotopic (exact) mass is 282 g/mol. The Morgan fingerprint density at radius 3 is 2.55 bits per heavy atom. The molecule has 5 nitrogen and oxygen atoms in total. The van der Waals surface area contributed by atoms with Crippen LogP contribution in [0, 0.1) is 5.82 Å². The molecule has 1 atom stereocenters. The Hall–Kier alpha value is -1.66. The third-order valence-corrected chi connectivity index (χ3v) is 3.20. The van der Waals surface area contributed by atoms with E-state index >= 15 is 0 Å². The van der Waals surface area contributed by atoms with Gasteiger partial charge in [-0.1, -0.05) is 0 Å². The van der Waals surface area contributed by atoms with Crippen LogP contribution in [-0.2, 0) is 4.79 Å². The van der Waals surface area contributed by atoms with Crippen molar-refractivity contribution >= 4 is 17.3 Å². The number of nitrogens with one attached hydrogen (secondary N) is 1. The molecule has 0 radical (unpaired) electrons. The second-order valence-corrected chi connectivity index (χ2v) is 5.19. The standard InChI is InChI=1S/C14H23FN4O/c1-10(19(4)8-7-18(2)3)14(20)17-11-5-6-12(15)13(16)9-11/h5-6,9-10H,7-8,16H2,1-4H3,(H,17,20). The minimum Gasteiger partial charge on any atom is -0.396 e. The number of nitrogen functional groups attached to an aromatic ring is 1. The molecule has 0 bridgehead atoms. The predicted octanol–water partition coefficient (Wildman–Crippen LogP) is 1.23. The minimum absolute atomic E-state index is 0.0245. The van der Waals surface area contributed by atoms with Crippen LogP contribution in [0.4, 0.5) is 15.8 Å². The van der Waals surface area contributed by atoms with Crippen molar-refractivity contribution in [2.45, 2.75) is 13.0 Å². The number of hydrogen-bond donors (Lipinski definition) is 2. The van der Waals surface area contributed by atoms with E-state index in [1.54, 1.807) is 0 Å². The smallest absolute Gasteiger partial charge is 0.241 e. The first-order valence-corrected chi connectivity index (χ1v) is 6.52. The van der Waals surface area contributed by atoms with E-state index in [0.29, 0.717) is 5.69 Å². The van der Waals surface area contributed by atoms with E-state index in [-0.39, 0.29) is 17.6 Å². The molecule has 20 heavy (non-hydrogen) atoms. The molecule has 0 heterocycles. The SMILES string of the molecule is CC(C(=O)Nc1ccc(F)c(N)c1)N(C)CCN(C)C. The molecular weight excluding hydrogens is 259 g/mol. The fourth-order valence-electron chi connectivity index (χ4n) is 1.62. The van der Waals surface area contributed by atoms with Gasteiger partial charge in [0.05, 0.1) is 11.7 Å². The second kappa shape index (κ2) is 7.21. The van der Waals surface area contributed by atoms with Crippen LogP contribution in [0.2, 0.25) is 0 Å². The van der Waals surface area contributed by atoms with Gasteiger partial charge in [-0.15, -0.1) is 0 Å². The van der Waals surface area contributed by atoms with Gasteiger partial charge in [0.2, 0.25) is 5.91 Å². The zero-order valence-electron chi connectivity index (χ0n) is 12.5. The minimum atomic E-state index is -0.487. The lowest BCUT2D eigenvalue weighted by atomic mass is 10.2. The van der Waals surface area contributed by atoms with Crippen LogP contribution in [0.3, 0.4) is 0 Å². The first-order valence-electron chi connectivity index (χ1n) is 6.52. The molecule has 0 aliphatic carbocycles. The van der Waals surface area contributed by atoms with Gasteiger partial charge in [0.15, 0.2) is 0 Å². The van der Waals surface area contributed by atoms with Gasteiger partial charge in [0.25, 0.3) is 0 Å². The van der Waals surface area contributed by atoms with E-state index in [0.717, 1.165) is 13.1 Å². The lowest BCUT2D eigenvalue weighted by molar-refractivity contribution is -0.120. The summed E-state index contributed by atoms with van der Waals surface area (Å²) in [6.07, 6.45) is 0. The van der Waals surface area contributed by atoms with Gasteiger partial charge in [-0.3, -0.25) is 9.69 Å². The molecule has 0 aliphatic heterocycles. The lowest BCUT2D eigenvalue weighted by Crippen LogP contribution is -2.42. The van der Waals surface area contributed by atoms with E-state index in [1.165, 1.54) is 18.2 Å². The molecule has 0 aromatic heterocycles. The summed E-state index contributed by atoms with van der Waals surface area (Å²) in [6.45, 7) is 3.49. The van der Waals surface area contributed by atoms with Gasteiger partial charge in [-0.05, 0) is 46.3 Å². The highest BCUT2D eigenvalue weighted by atomic mass is 19.1. The van der Waals surface area contributed by atoms with Crippen molar-refractivity contribution < 1.29 is 9.18 Å². The zero-order valence-corrected chi connectivity index (χ0v) is 12.5. The maximum absolute atomic E-state index is 13.0. The summed E-state index contributed by atoms with van der Waals surface area (Å²) < 4.78 is 13.0. The fraction of sp³-hybridized carbons (Fsp3) is 0.500. The summed E-state index contributed by atoms with van der Waals surface area (Å²) in [5, 5.41) is 2.74. The Kier molecular flexibility index (Phi) is 5.91. The molecule has 112 valence electrons. The van der Waals surface area contributed by atoms with E-state index < -0.39 is 5.82 Å². The number of likely N-dealkylation sites (N-methyl/N-ethyl adjacent to an activating group) is 2. The van der Waals surface area contributed by atoms with Crippen LogP contribution in [0.5, 0.6) is 0 Å². The van der Waals surface area contributed by atoms with Crippen molar-refractivity contribution in [2.24, 2.45) is 0 Å². The largest absolute Gasteiger partial charge is 0.396 e. The molecule has 1 unspecified atom stereocenters. The maximum Gasteiger partial charge on any atom is 0.241 e. The van der Waals surface area contributed by atoms with E-state index in [4.69, 9.17) is 5.73 Å². The lowest BCUT2D eigenvalue weighted by Gasteiger charge is -2.25. The topological polar surface area (TPSA) is 61.6 Å². The number of halogens is 1. The first kappa shape index (κ1) is 16.4. The summed E-state index contributed by atoms with van der Waals surface area (Å²) in [5.41, 5.74) is 6.00. The van der Waals surface area contributed by atoms with Crippen molar-refractivity contribution in [1.29, 1.82) is 0 Å². The quantitative estimate of drug-likeness (QED) is 0.770. The third kappa shape index (κ3) is 4.79. The molecule has 3 N–H and O–H groups in total. The van der Waals surface area contributed by atoms with Gasteiger partial charge >= 0.3 is 0 Å². The van der Waals surface area contributed by atoms with Crippen LogP contribution in [0.25, 0.3) is 0 Å². The fourth-order valence-corrected chi connectivity index (χ4v) is 1.62. The number of carbonyl (C=O) groups is 1. The average Bonchev–Trinajstić information content (AvgIpc) is 2.39. The molecule has 0 aliphatic rings. The van der Waals surface area contributed by atoms with Crippen molar-refractivity contribution in [2.75, 3.05) is 45.3 Å². The number of nitrogens with zero attached hydrogens (tertiary/aromatic N) is 2. The molecule has 1 aromatic carbocycles. The Labute approximate surface area is 119 Å². The molecule has 1 amide bonds. The number of carbonyl (C=O) groups excluding carboxylic acids is 1. The van der Waals surface area contributed by atoms with Crippen LogP contribution in [0.1, 0.15) is 6.92 Å². The van der Waals surface area contributed by atoms with Crippen LogP contribution < -0.4 is 11.1 Å². The highest BCUT2D eigenvalue weighted by molar-refractivity contribution is 5.94. The molecule has 0 spiro atoms. The van der Waals surface area contributed by atoms with Crippen molar-refractivity contribution in [3.63, 3.8) is 0 Å². The molecule has 0 saturated carbocycles. The van der Waals surface area contributed by atoms with E-state index in [1.807, 2.05) is 33.0 Å². The Balaban J connectivity index is 2.58. The van der Waals surface area contributed by atoms with E-state index in [2.05, 4.69) is 10.2 Å². The normalized spacial score (nSPS) is 12.8. The van der Waals surface area contributed by atoms with Gasteiger partial charge in [0, 0.05) is 18.8 Å². The molecule has 1 aromatic rings. The molecule has 0 fully saturated rings. The second-order valence-electron chi connectivity index (χ2n) is 5.19. The number of hydrogen-bond acceptors (Lipinski definition) is 4. The first-order chi connectivity index (χ1) is 9.31. The van der Waals surface area contributed by atoms with Gasteiger partial charge in [0.1, 0.15) is 5.82 Å². The molecule has 1 rings (SSSR count). The van der Waals surface area contributed by atoms with Crippen LogP contribution in [0.15, 0.2) is 18.2 Å². The zero-order chi connectivity index (χ0) is 15.3. The van der Waals surface area contributed by atoms with Crippen molar-refractivity contribution in [3.8, 4) is 0 Å². The summed E-state index contributed by atoms with van der Waals surface area (Å²) in [6, 6.07) is 3.88. The summed E-state index contributed by atoms with van der Waals surface area (Å²) in [4.78, 5) is 16.1. The van der Waals surface area contributed by atoms with Crippen molar-refractivity contribution in [3.05, 3.63) is 24.0 Å². The number of anilines is 2. The predicted molar refractivity (Wildman–Crippen MR) is 80.1 cm³/mol. The highest BCUT2D eigenvalue weighted by Gasteiger charge is 2.18. The number of nitrogens with two attached hydrogens (primary N) is 1. The summed E-state index contributed by atoms with van der Waals surface area (Å²) in [7, 11) is 5.87. The van der Waals surface area contributed by atoms with Crippen LogP contribution in [-0.4, -0.2) is 56.0 Å². The third-order valence-electron chi connectivity index (χ3n) is 3.20. The van der Waals surface area contributed by atoms with Gasteiger partial charge in [-0.25, -0.2) is 4.39 Å². The molecular formula is C14H23FN4O. The highest BCUT2D eigenvalue weighted by Crippen LogP contribution is 2.16.